The Labute approximate surface area is 133 Å². The second-order valence-electron chi connectivity index (χ2n) is 6.54. The molecule has 0 bridgehead atoms. The molecule has 0 saturated heterocycles. The van der Waals surface area contributed by atoms with E-state index in [4.69, 9.17) is 0 Å². The van der Waals surface area contributed by atoms with Crippen LogP contribution in [0.25, 0.3) is 0 Å². The number of hydrogen-bond acceptors (Lipinski definition) is 3. The number of benzene rings is 1. The molecule has 1 aromatic rings. The maximum Gasteiger partial charge on any atom is 0.223 e. The number of carbonyl (C=O) groups is 1. The van der Waals surface area contributed by atoms with E-state index in [1.165, 1.54) is 17.4 Å². The maximum absolute atomic E-state index is 12.0. The normalized spacial score (nSPS) is 20.9. The molecular formula is C17H25NO3S. The fourth-order valence-electron chi connectivity index (χ4n) is 2.66. The van der Waals surface area contributed by atoms with Crippen LogP contribution in [-0.2, 0) is 14.6 Å². The minimum Gasteiger partial charge on any atom is -0.356 e. The Hall–Kier alpha value is -1.36. The second kappa shape index (κ2) is 6.82. The van der Waals surface area contributed by atoms with Gasteiger partial charge in [-0.3, -0.25) is 4.79 Å². The summed E-state index contributed by atoms with van der Waals surface area (Å²) in [7, 11) is -2.94. The Kier molecular flexibility index (Phi) is 5.27. The first-order valence-electron chi connectivity index (χ1n) is 7.83. The predicted molar refractivity (Wildman–Crippen MR) is 88.7 cm³/mol. The lowest BCUT2D eigenvalue weighted by Gasteiger charge is -2.07. The molecule has 1 fully saturated rings. The van der Waals surface area contributed by atoms with Gasteiger partial charge in [-0.1, -0.05) is 38.1 Å². The zero-order chi connectivity index (χ0) is 16.3. The van der Waals surface area contributed by atoms with E-state index in [1.54, 1.807) is 0 Å². The predicted octanol–water partition coefficient (Wildman–Crippen LogP) is 2.46. The molecule has 1 amide bonds. The van der Waals surface area contributed by atoms with Crippen molar-refractivity contribution in [1.29, 1.82) is 0 Å². The van der Waals surface area contributed by atoms with Gasteiger partial charge in [-0.2, -0.15) is 0 Å². The first-order chi connectivity index (χ1) is 10.3. The van der Waals surface area contributed by atoms with Crippen molar-refractivity contribution in [2.75, 3.05) is 18.6 Å². The maximum atomic E-state index is 12.0. The van der Waals surface area contributed by atoms with Gasteiger partial charge in [0.1, 0.15) is 9.84 Å². The molecule has 2 atom stereocenters. The van der Waals surface area contributed by atoms with Crippen LogP contribution in [-0.4, -0.2) is 32.9 Å². The summed E-state index contributed by atoms with van der Waals surface area (Å²) in [6, 6.07) is 8.52. The molecule has 0 aliphatic heterocycles. The van der Waals surface area contributed by atoms with E-state index in [-0.39, 0.29) is 17.6 Å². The van der Waals surface area contributed by atoms with Crippen LogP contribution in [0.1, 0.15) is 49.7 Å². The Morgan fingerprint density at radius 1 is 1.27 bits per heavy atom. The van der Waals surface area contributed by atoms with E-state index in [0.717, 1.165) is 6.42 Å². The molecule has 1 aliphatic carbocycles. The van der Waals surface area contributed by atoms with E-state index in [9.17, 15) is 13.2 Å². The lowest BCUT2D eigenvalue weighted by atomic mass is 10.00. The zero-order valence-electron chi connectivity index (χ0n) is 13.5. The van der Waals surface area contributed by atoms with Crippen LogP contribution < -0.4 is 5.32 Å². The van der Waals surface area contributed by atoms with Crippen molar-refractivity contribution in [3.05, 3.63) is 35.4 Å². The summed E-state index contributed by atoms with van der Waals surface area (Å²) >= 11 is 0. The first-order valence-corrected chi connectivity index (χ1v) is 9.89. The number of hydrogen-bond donors (Lipinski definition) is 1. The van der Waals surface area contributed by atoms with Crippen LogP contribution in [0.5, 0.6) is 0 Å². The van der Waals surface area contributed by atoms with Crippen molar-refractivity contribution < 1.29 is 13.2 Å². The van der Waals surface area contributed by atoms with Crippen LogP contribution >= 0.6 is 0 Å². The summed E-state index contributed by atoms with van der Waals surface area (Å²) in [5.74, 6) is 1.05. The average Bonchev–Trinajstić information content (AvgIpc) is 3.23. The average molecular weight is 323 g/mol. The molecule has 1 aromatic carbocycles. The van der Waals surface area contributed by atoms with Crippen molar-refractivity contribution in [2.24, 2.45) is 5.92 Å². The third-order valence-electron chi connectivity index (χ3n) is 4.15. The molecule has 0 radical (unpaired) electrons. The van der Waals surface area contributed by atoms with E-state index in [0.29, 0.717) is 24.8 Å². The minimum atomic E-state index is -2.94. The Balaban J connectivity index is 1.78. The fourth-order valence-corrected chi connectivity index (χ4v) is 3.33. The van der Waals surface area contributed by atoms with E-state index in [2.05, 4.69) is 43.4 Å². The molecule has 5 heteroatoms. The van der Waals surface area contributed by atoms with Gasteiger partial charge in [0, 0.05) is 18.7 Å². The van der Waals surface area contributed by atoms with E-state index in [1.807, 2.05) is 0 Å². The van der Waals surface area contributed by atoms with Gasteiger partial charge in [0.25, 0.3) is 0 Å². The topological polar surface area (TPSA) is 63.2 Å². The number of amides is 1. The quantitative estimate of drug-likeness (QED) is 0.784. The Morgan fingerprint density at radius 3 is 2.45 bits per heavy atom. The molecule has 122 valence electrons. The summed E-state index contributed by atoms with van der Waals surface area (Å²) in [5, 5.41) is 2.84. The van der Waals surface area contributed by atoms with Gasteiger partial charge in [-0.15, -0.1) is 0 Å². The van der Waals surface area contributed by atoms with Crippen molar-refractivity contribution in [3.8, 4) is 0 Å². The van der Waals surface area contributed by atoms with Crippen molar-refractivity contribution >= 4 is 15.7 Å². The molecular weight excluding hydrogens is 298 g/mol. The van der Waals surface area contributed by atoms with Gasteiger partial charge in [-0.25, -0.2) is 8.42 Å². The van der Waals surface area contributed by atoms with Crippen LogP contribution in [0.2, 0.25) is 0 Å². The monoisotopic (exact) mass is 323 g/mol. The van der Waals surface area contributed by atoms with Crippen LogP contribution in [0.4, 0.5) is 0 Å². The minimum absolute atomic E-state index is 0.0446. The van der Waals surface area contributed by atoms with E-state index < -0.39 is 9.84 Å². The smallest absolute Gasteiger partial charge is 0.223 e. The molecule has 1 saturated carbocycles. The van der Waals surface area contributed by atoms with E-state index >= 15 is 0 Å². The van der Waals surface area contributed by atoms with Gasteiger partial charge < -0.3 is 5.32 Å². The number of rotatable bonds is 7. The standard InChI is InChI=1S/C17H25NO3S/c1-12(2)13-5-7-14(8-6-13)15-11-16(15)17(19)18-9-4-10-22(3,20)21/h5-8,12,15-16H,4,9-11H2,1-3H3,(H,18,19)/t15-,16-/m1/s1. The van der Waals surface area contributed by atoms with Crippen molar-refractivity contribution in [3.63, 3.8) is 0 Å². The van der Waals surface area contributed by atoms with Gasteiger partial charge in [-0.05, 0) is 35.8 Å². The van der Waals surface area contributed by atoms with Gasteiger partial charge in [0.15, 0.2) is 0 Å². The molecule has 22 heavy (non-hydrogen) atoms. The summed E-state index contributed by atoms with van der Waals surface area (Å²) in [6.45, 7) is 4.76. The van der Waals surface area contributed by atoms with Gasteiger partial charge in [0.05, 0.1) is 5.75 Å². The number of carbonyl (C=O) groups excluding carboxylic acids is 1. The van der Waals surface area contributed by atoms with Crippen LogP contribution in [0, 0.1) is 5.92 Å². The molecule has 1 aliphatic rings. The summed E-state index contributed by atoms with van der Waals surface area (Å²) in [4.78, 5) is 12.0. The third-order valence-corrected chi connectivity index (χ3v) is 5.18. The highest BCUT2D eigenvalue weighted by Crippen LogP contribution is 2.47. The van der Waals surface area contributed by atoms with Crippen LogP contribution in [0.3, 0.4) is 0 Å². The number of nitrogens with one attached hydrogen (secondary N) is 1. The van der Waals surface area contributed by atoms with Crippen LogP contribution in [0.15, 0.2) is 24.3 Å². The highest BCUT2D eigenvalue weighted by atomic mass is 32.2. The molecule has 0 aromatic heterocycles. The Bertz CT molecular complexity index is 620. The molecule has 2 rings (SSSR count). The molecule has 1 N–H and O–H groups in total. The van der Waals surface area contributed by atoms with Crippen molar-refractivity contribution in [2.45, 2.75) is 38.5 Å². The summed E-state index contributed by atoms with van der Waals surface area (Å²) in [5.41, 5.74) is 2.53. The van der Waals surface area contributed by atoms with Gasteiger partial charge in [0.2, 0.25) is 5.91 Å². The largest absolute Gasteiger partial charge is 0.356 e. The lowest BCUT2D eigenvalue weighted by Crippen LogP contribution is -2.27. The lowest BCUT2D eigenvalue weighted by molar-refractivity contribution is -0.122. The summed E-state index contributed by atoms with van der Waals surface area (Å²) in [6.07, 6.45) is 2.58. The Morgan fingerprint density at radius 2 is 1.91 bits per heavy atom. The SMILES string of the molecule is CC(C)c1ccc([C@H]2C[C@H]2C(=O)NCCCS(C)(=O)=O)cc1. The van der Waals surface area contributed by atoms with Gasteiger partial charge >= 0.3 is 0 Å². The first kappa shape index (κ1) is 17.0. The van der Waals surface area contributed by atoms with Crippen molar-refractivity contribution in [1.82, 2.24) is 5.32 Å². The molecule has 0 spiro atoms. The fraction of sp³-hybridized carbons (Fsp3) is 0.588. The second-order valence-corrected chi connectivity index (χ2v) is 8.80. The summed E-state index contributed by atoms with van der Waals surface area (Å²) < 4.78 is 22.0. The number of sulfone groups is 1. The molecule has 4 nitrogen and oxygen atoms in total. The molecule has 0 heterocycles. The highest BCUT2D eigenvalue weighted by molar-refractivity contribution is 7.90. The highest BCUT2D eigenvalue weighted by Gasteiger charge is 2.43. The molecule has 0 unspecified atom stereocenters. The zero-order valence-corrected chi connectivity index (χ0v) is 14.3. The third kappa shape index (κ3) is 4.83.